The minimum atomic E-state index is -6.32. The Balaban J connectivity index is 3.47. The lowest BCUT2D eigenvalue weighted by Gasteiger charge is -2.36. The highest BCUT2D eigenvalue weighted by Gasteiger charge is 2.49. The van der Waals surface area contributed by atoms with Gasteiger partial charge in [-0.1, -0.05) is 0 Å². The fourth-order valence-corrected chi connectivity index (χ4v) is 4.72. The molecule has 21 heteroatoms. The van der Waals surface area contributed by atoms with Crippen molar-refractivity contribution in [1.29, 1.82) is 0 Å². The molecule has 0 amide bonds. The molecule has 0 saturated heterocycles. The number of halogens is 18. The third-order valence-electron chi connectivity index (χ3n) is 6.57. The van der Waals surface area contributed by atoms with Gasteiger partial charge < -0.3 is 4.65 Å². The Hall–Kier alpha value is -3.29. The molecule has 2 nitrogen and oxygen atoms in total. The van der Waals surface area contributed by atoms with Gasteiger partial charge in [-0.05, 0) is 52.0 Å². The van der Waals surface area contributed by atoms with E-state index in [0.717, 1.165) is 4.58 Å². The fraction of sp³-hybridized carbons (Fsp3) is 0.480. The number of hydrogen-bond acceptors (Lipinski definition) is 1. The quantitative estimate of drug-likeness (QED) is 0.0967. The van der Waals surface area contributed by atoms with E-state index in [2.05, 4.69) is 0 Å². The van der Waals surface area contributed by atoms with Crippen molar-refractivity contribution < 1.29 is 88.3 Å². The summed E-state index contributed by atoms with van der Waals surface area (Å²) >= 11 is 0. The summed E-state index contributed by atoms with van der Waals surface area (Å²) in [5, 5.41) is 0. The van der Waals surface area contributed by atoms with Gasteiger partial charge in [0, 0.05) is 22.3 Å². The van der Waals surface area contributed by atoms with Crippen molar-refractivity contribution in [2.24, 2.45) is 0 Å². The van der Waals surface area contributed by atoms with Gasteiger partial charge >= 0.3 is 37.1 Å². The highest BCUT2D eigenvalue weighted by Crippen LogP contribution is 2.43. The van der Waals surface area contributed by atoms with Crippen molar-refractivity contribution in [2.75, 3.05) is 0 Å². The van der Waals surface area contributed by atoms with Crippen LogP contribution in [-0.2, 0) is 41.7 Å². The Morgan fingerprint density at radius 2 is 0.717 bits per heavy atom. The van der Waals surface area contributed by atoms with E-state index < -0.39 is 125 Å². The summed E-state index contributed by atoms with van der Waals surface area (Å²) in [6.07, 6.45) is -37.0. The molecule has 2 aromatic rings. The van der Waals surface area contributed by atoms with E-state index >= 15 is 0 Å². The number of alkyl halides is 18. The minimum absolute atomic E-state index is 0.186. The van der Waals surface area contributed by atoms with Crippen molar-refractivity contribution in [1.82, 2.24) is 0 Å². The van der Waals surface area contributed by atoms with Crippen LogP contribution in [-0.4, -0.2) is 30.0 Å². The Labute approximate surface area is 247 Å². The van der Waals surface area contributed by atoms with Gasteiger partial charge in [0.15, 0.2) is 0 Å². The van der Waals surface area contributed by atoms with Gasteiger partial charge in [-0.3, -0.25) is 0 Å². The van der Waals surface area contributed by atoms with Crippen molar-refractivity contribution >= 4 is 24.2 Å². The zero-order valence-corrected chi connectivity index (χ0v) is 23.4. The van der Waals surface area contributed by atoms with Gasteiger partial charge in [0.05, 0.1) is 11.1 Å². The summed E-state index contributed by atoms with van der Waals surface area (Å²) in [4.78, 5) is 0. The van der Waals surface area contributed by atoms with Crippen LogP contribution >= 0.6 is 0 Å². The molecule has 0 aliphatic rings. The van der Waals surface area contributed by atoms with E-state index in [1.54, 1.807) is 0 Å². The Morgan fingerprint density at radius 3 is 0.891 bits per heavy atom. The monoisotopic (exact) mass is 703 g/mol. The van der Waals surface area contributed by atoms with Gasteiger partial charge in [-0.25, -0.2) is 4.58 Å². The van der Waals surface area contributed by atoms with Crippen LogP contribution in [0.3, 0.4) is 0 Å². The van der Waals surface area contributed by atoms with Crippen LogP contribution in [0.25, 0.3) is 0 Å². The second kappa shape index (κ2) is 12.4. The van der Waals surface area contributed by atoms with Crippen LogP contribution in [0.1, 0.15) is 61.1 Å². The topological polar surface area (TPSA) is 12.2 Å². The summed E-state index contributed by atoms with van der Waals surface area (Å²) < 4.78 is 257. The molecule has 0 radical (unpaired) electrons. The molecule has 0 aromatic heterocycles. The lowest BCUT2D eigenvalue weighted by molar-refractivity contribution is -0.588. The zero-order valence-electron chi connectivity index (χ0n) is 23.4. The Kier molecular flexibility index (Phi) is 10.5. The Bertz CT molecular complexity index is 1270. The van der Waals surface area contributed by atoms with Crippen LogP contribution in [0.2, 0.25) is 0 Å². The molecule has 0 spiro atoms. The standard InChI is InChI=1S/C25H20BF18NO/c1-10(2)45(11(3)4)9-46-26(18-14(22(33,34)35)5-12(20(27,28)29)6-15(18)23(36,37)38)19-16(24(39,40)41)7-13(21(30,31)32)8-17(19)25(42,43)44/h5-11,26H,1-4H3. The van der Waals surface area contributed by atoms with Crippen LogP contribution in [0.4, 0.5) is 79.0 Å². The van der Waals surface area contributed by atoms with Gasteiger partial charge in [-0.15, -0.1) is 10.9 Å². The maximum absolute atomic E-state index is 14.2. The number of benzene rings is 2. The first-order valence-corrected chi connectivity index (χ1v) is 12.5. The van der Waals surface area contributed by atoms with E-state index in [-0.39, 0.29) is 6.40 Å². The van der Waals surface area contributed by atoms with E-state index in [0.29, 0.717) is 0 Å². The second-order valence-electron chi connectivity index (χ2n) is 10.5. The normalized spacial score (nSPS) is 14.0. The lowest BCUT2D eigenvalue weighted by Crippen LogP contribution is -2.55. The maximum atomic E-state index is 14.2. The largest absolute Gasteiger partial charge is 0.667 e. The van der Waals surface area contributed by atoms with Crippen molar-refractivity contribution in [3.8, 4) is 0 Å². The van der Waals surface area contributed by atoms with E-state index in [1.165, 1.54) is 27.7 Å². The fourth-order valence-electron chi connectivity index (χ4n) is 4.72. The summed E-state index contributed by atoms with van der Waals surface area (Å²) in [6, 6.07) is -5.59. The maximum Gasteiger partial charge on any atom is 0.416 e. The smallest absolute Gasteiger partial charge is 0.416 e. The molecule has 2 rings (SSSR count). The van der Waals surface area contributed by atoms with Gasteiger partial charge in [0.2, 0.25) is 6.92 Å². The SMILES string of the molecule is CC(C)[N+](=CO[BH-](c1c(C(F)(F)F)cc(C(F)(F)F)cc1C(F)(F)F)c1c(C(F)(F)F)cc(C(F)(F)F)cc1C(F)(F)F)C(C)C. The van der Waals surface area contributed by atoms with Crippen LogP contribution in [0.15, 0.2) is 24.3 Å². The van der Waals surface area contributed by atoms with Gasteiger partial charge in [-0.2, -0.15) is 79.0 Å². The molecule has 0 atom stereocenters. The van der Waals surface area contributed by atoms with Gasteiger partial charge in [0.1, 0.15) is 12.1 Å². The predicted octanol–water partition coefficient (Wildman–Crippen LogP) is 8.51. The molecule has 0 aliphatic heterocycles. The first kappa shape index (κ1) is 38.9. The van der Waals surface area contributed by atoms with E-state index in [4.69, 9.17) is 4.65 Å². The molecular weight excluding hydrogens is 683 g/mol. The number of rotatable bonds is 6. The van der Waals surface area contributed by atoms with Gasteiger partial charge in [0.25, 0.3) is 6.40 Å². The zero-order chi connectivity index (χ0) is 36.2. The Morgan fingerprint density at radius 1 is 0.478 bits per heavy atom. The molecule has 2 aromatic carbocycles. The highest BCUT2D eigenvalue weighted by molar-refractivity contribution is 6.82. The first-order valence-electron chi connectivity index (χ1n) is 12.5. The predicted molar refractivity (Wildman–Crippen MR) is 127 cm³/mol. The molecule has 46 heavy (non-hydrogen) atoms. The van der Waals surface area contributed by atoms with Crippen molar-refractivity contribution in [3.05, 3.63) is 57.6 Å². The molecule has 0 unspecified atom stereocenters. The minimum Gasteiger partial charge on any atom is -0.667 e. The number of nitrogens with zero attached hydrogens (tertiary/aromatic N) is 1. The highest BCUT2D eigenvalue weighted by atomic mass is 19.4. The first-order chi connectivity index (χ1) is 20.3. The molecule has 0 fully saturated rings. The molecule has 0 bridgehead atoms. The molecule has 0 aliphatic carbocycles. The van der Waals surface area contributed by atoms with Crippen molar-refractivity contribution in [2.45, 2.75) is 76.8 Å². The van der Waals surface area contributed by atoms with Crippen LogP contribution in [0.5, 0.6) is 0 Å². The van der Waals surface area contributed by atoms with E-state index in [9.17, 15) is 79.0 Å². The average Bonchev–Trinajstić information content (AvgIpc) is 2.81. The average molecular weight is 703 g/mol. The summed E-state index contributed by atoms with van der Waals surface area (Å²) in [6.45, 7) is 0.0237. The van der Waals surface area contributed by atoms with E-state index in [1.807, 2.05) is 0 Å². The third kappa shape index (κ3) is 8.74. The summed E-state index contributed by atoms with van der Waals surface area (Å²) in [7, 11) is 0. The molecule has 260 valence electrons. The second-order valence-corrected chi connectivity index (χ2v) is 10.5. The molecule has 0 heterocycles. The molecule has 0 N–H and O–H groups in total. The molecular formula is C25H20BF18NO. The number of hydrogen-bond donors (Lipinski definition) is 0. The molecule has 0 saturated carbocycles. The summed E-state index contributed by atoms with van der Waals surface area (Å²) in [5.74, 6) is 0. The van der Waals surface area contributed by atoms with Crippen LogP contribution < -0.4 is 10.9 Å². The van der Waals surface area contributed by atoms with Crippen LogP contribution in [0, 0.1) is 0 Å². The van der Waals surface area contributed by atoms with Crippen molar-refractivity contribution in [3.63, 3.8) is 0 Å². The lowest BCUT2D eigenvalue weighted by atomic mass is 9.50. The third-order valence-corrected chi connectivity index (χ3v) is 6.57. The summed E-state index contributed by atoms with van der Waals surface area (Å²) in [5.41, 5.74) is -22.4.